The first-order valence-corrected chi connectivity index (χ1v) is 5.51. The summed E-state index contributed by atoms with van der Waals surface area (Å²) in [5, 5.41) is 0. The highest BCUT2D eigenvalue weighted by molar-refractivity contribution is 4.97. The minimum Gasteiger partial charge on any atom is -0.446 e. The molecular weight excluding hydrogens is 192 g/mol. The average molecular weight is 210 g/mol. The van der Waals surface area contributed by atoms with Crippen molar-refractivity contribution in [2.75, 3.05) is 13.2 Å². The van der Waals surface area contributed by atoms with E-state index < -0.39 is 0 Å². The van der Waals surface area contributed by atoms with Gasteiger partial charge in [0.1, 0.15) is 5.76 Å². The van der Waals surface area contributed by atoms with Gasteiger partial charge in [-0.2, -0.15) is 0 Å². The lowest BCUT2D eigenvalue weighted by molar-refractivity contribution is 0.184. The molecule has 0 saturated carbocycles. The number of hydrogen-bond acceptors (Lipinski definition) is 4. The molecule has 0 bridgehead atoms. The molecule has 1 fully saturated rings. The zero-order chi connectivity index (χ0) is 10.7. The maximum atomic E-state index is 5.69. The number of rotatable bonds is 4. The largest absolute Gasteiger partial charge is 0.446 e. The summed E-state index contributed by atoms with van der Waals surface area (Å²) < 4.78 is 10.9. The highest BCUT2D eigenvalue weighted by Crippen LogP contribution is 2.18. The Kier molecular flexibility index (Phi) is 3.38. The number of nitrogens with zero attached hydrogens (tertiary/aromatic N) is 1. The molecule has 0 aliphatic carbocycles. The van der Waals surface area contributed by atoms with Gasteiger partial charge in [0, 0.05) is 32.1 Å². The van der Waals surface area contributed by atoms with E-state index >= 15 is 0 Å². The van der Waals surface area contributed by atoms with E-state index in [1.165, 1.54) is 0 Å². The Morgan fingerprint density at radius 3 is 3.20 bits per heavy atom. The second-order valence-corrected chi connectivity index (χ2v) is 4.34. The van der Waals surface area contributed by atoms with E-state index in [9.17, 15) is 0 Å². The van der Waals surface area contributed by atoms with E-state index in [0.717, 1.165) is 44.1 Å². The summed E-state index contributed by atoms with van der Waals surface area (Å²) in [5.74, 6) is 2.28. The molecule has 1 aromatic rings. The summed E-state index contributed by atoms with van der Waals surface area (Å²) in [5.41, 5.74) is 5.69. The SMILES string of the molecule is CC(N)Cc1cnc(CC2CCOC2)o1. The zero-order valence-electron chi connectivity index (χ0n) is 9.11. The first-order chi connectivity index (χ1) is 7.24. The molecule has 2 atom stereocenters. The summed E-state index contributed by atoms with van der Waals surface area (Å²) in [6, 6.07) is 0.126. The van der Waals surface area contributed by atoms with E-state index in [1.807, 2.05) is 6.92 Å². The number of aromatic nitrogens is 1. The Labute approximate surface area is 89.8 Å². The summed E-state index contributed by atoms with van der Waals surface area (Å²) in [6.45, 7) is 3.68. The van der Waals surface area contributed by atoms with Gasteiger partial charge in [0.05, 0.1) is 6.20 Å². The first kappa shape index (κ1) is 10.6. The molecular formula is C11H18N2O2. The zero-order valence-corrected chi connectivity index (χ0v) is 9.11. The molecule has 2 rings (SSSR count). The second-order valence-electron chi connectivity index (χ2n) is 4.34. The maximum Gasteiger partial charge on any atom is 0.194 e. The van der Waals surface area contributed by atoms with Gasteiger partial charge in [0.2, 0.25) is 0 Å². The third-order valence-electron chi connectivity index (χ3n) is 2.61. The molecule has 1 saturated heterocycles. The van der Waals surface area contributed by atoms with Crippen LogP contribution in [0, 0.1) is 5.92 Å². The Morgan fingerprint density at radius 2 is 2.53 bits per heavy atom. The molecule has 0 amide bonds. The molecule has 1 aliphatic heterocycles. The van der Waals surface area contributed by atoms with E-state index in [2.05, 4.69) is 4.98 Å². The Hall–Kier alpha value is -0.870. The van der Waals surface area contributed by atoms with Crippen molar-refractivity contribution in [2.24, 2.45) is 11.7 Å². The molecule has 2 N–H and O–H groups in total. The van der Waals surface area contributed by atoms with Crippen molar-refractivity contribution < 1.29 is 9.15 Å². The van der Waals surface area contributed by atoms with Gasteiger partial charge in [-0.15, -0.1) is 0 Å². The normalized spacial score (nSPS) is 23.2. The predicted molar refractivity (Wildman–Crippen MR) is 56.5 cm³/mol. The first-order valence-electron chi connectivity index (χ1n) is 5.51. The molecule has 4 nitrogen and oxygen atoms in total. The van der Waals surface area contributed by atoms with Crippen molar-refractivity contribution in [1.29, 1.82) is 0 Å². The van der Waals surface area contributed by atoms with Crippen LogP contribution in [0.1, 0.15) is 25.0 Å². The third-order valence-corrected chi connectivity index (χ3v) is 2.61. The second kappa shape index (κ2) is 4.77. The van der Waals surface area contributed by atoms with E-state index in [0.29, 0.717) is 5.92 Å². The van der Waals surface area contributed by atoms with Crippen LogP contribution in [-0.2, 0) is 17.6 Å². The Bertz CT molecular complexity index is 303. The van der Waals surface area contributed by atoms with Crippen molar-refractivity contribution in [1.82, 2.24) is 4.98 Å². The molecule has 84 valence electrons. The van der Waals surface area contributed by atoms with Gasteiger partial charge in [-0.1, -0.05) is 0 Å². The van der Waals surface area contributed by atoms with Gasteiger partial charge < -0.3 is 14.9 Å². The molecule has 0 aromatic carbocycles. The van der Waals surface area contributed by atoms with Gasteiger partial charge in [-0.25, -0.2) is 4.98 Å². The summed E-state index contributed by atoms with van der Waals surface area (Å²) >= 11 is 0. The van der Waals surface area contributed by atoms with Gasteiger partial charge in [0.25, 0.3) is 0 Å². The van der Waals surface area contributed by atoms with Crippen molar-refractivity contribution >= 4 is 0 Å². The monoisotopic (exact) mass is 210 g/mol. The topological polar surface area (TPSA) is 61.3 Å². The number of oxazole rings is 1. The molecule has 15 heavy (non-hydrogen) atoms. The summed E-state index contributed by atoms with van der Waals surface area (Å²) in [6.07, 6.45) is 4.55. The molecule has 1 aromatic heterocycles. The maximum absolute atomic E-state index is 5.69. The van der Waals surface area contributed by atoms with Crippen LogP contribution in [-0.4, -0.2) is 24.2 Å². The summed E-state index contributed by atoms with van der Waals surface area (Å²) in [7, 11) is 0. The minimum atomic E-state index is 0.126. The standard InChI is InChI=1S/C11H18N2O2/c1-8(12)4-10-6-13-11(15-10)5-9-2-3-14-7-9/h6,8-9H,2-5,7,12H2,1H3. The van der Waals surface area contributed by atoms with Crippen molar-refractivity contribution in [3.8, 4) is 0 Å². The smallest absolute Gasteiger partial charge is 0.194 e. The molecule has 2 heterocycles. The average Bonchev–Trinajstić information content (AvgIpc) is 2.77. The van der Waals surface area contributed by atoms with Crippen LogP contribution < -0.4 is 5.73 Å². The highest BCUT2D eigenvalue weighted by Gasteiger charge is 2.18. The van der Waals surface area contributed by atoms with Crippen LogP contribution in [0.4, 0.5) is 0 Å². The molecule has 0 spiro atoms. The Balaban J connectivity index is 1.88. The van der Waals surface area contributed by atoms with Crippen molar-refractivity contribution in [3.05, 3.63) is 17.8 Å². The summed E-state index contributed by atoms with van der Waals surface area (Å²) in [4.78, 5) is 4.25. The third kappa shape index (κ3) is 3.04. The van der Waals surface area contributed by atoms with Gasteiger partial charge in [-0.05, 0) is 19.3 Å². The lowest BCUT2D eigenvalue weighted by atomic mass is 10.1. The molecule has 4 heteroatoms. The van der Waals surface area contributed by atoms with Gasteiger partial charge in [0.15, 0.2) is 5.89 Å². The molecule has 2 unspecified atom stereocenters. The number of ether oxygens (including phenoxy) is 1. The number of hydrogen-bond donors (Lipinski definition) is 1. The van der Waals surface area contributed by atoms with Crippen LogP contribution in [0.25, 0.3) is 0 Å². The Morgan fingerprint density at radius 1 is 1.67 bits per heavy atom. The van der Waals surface area contributed by atoms with Crippen LogP contribution in [0.5, 0.6) is 0 Å². The fourth-order valence-electron chi connectivity index (χ4n) is 1.85. The van der Waals surface area contributed by atoms with Crippen molar-refractivity contribution in [2.45, 2.75) is 32.2 Å². The van der Waals surface area contributed by atoms with Crippen LogP contribution >= 0.6 is 0 Å². The molecule has 1 aliphatic rings. The number of nitrogens with two attached hydrogens (primary N) is 1. The fourth-order valence-corrected chi connectivity index (χ4v) is 1.85. The van der Waals surface area contributed by atoms with Crippen LogP contribution in [0.2, 0.25) is 0 Å². The van der Waals surface area contributed by atoms with E-state index in [1.54, 1.807) is 6.20 Å². The predicted octanol–water partition coefficient (Wildman–Crippen LogP) is 1.14. The van der Waals surface area contributed by atoms with Gasteiger partial charge in [-0.3, -0.25) is 0 Å². The molecule has 0 radical (unpaired) electrons. The van der Waals surface area contributed by atoms with E-state index in [4.69, 9.17) is 14.9 Å². The highest BCUT2D eigenvalue weighted by atomic mass is 16.5. The fraction of sp³-hybridized carbons (Fsp3) is 0.727. The lowest BCUT2D eigenvalue weighted by Crippen LogP contribution is -2.17. The van der Waals surface area contributed by atoms with Crippen molar-refractivity contribution in [3.63, 3.8) is 0 Å². The van der Waals surface area contributed by atoms with Gasteiger partial charge >= 0.3 is 0 Å². The van der Waals surface area contributed by atoms with Crippen LogP contribution in [0.3, 0.4) is 0 Å². The van der Waals surface area contributed by atoms with Crippen LogP contribution in [0.15, 0.2) is 10.6 Å². The minimum absolute atomic E-state index is 0.126. The lowest BCUT2D eigenvalue weighted by Gasteiger charge is -2.03. The quantitative estimate of drug-likeness (QED) is 0.809. The van der Waals surface area contributed by atoms with E-state index in [-0.39, 0.29) is 6.04 Å².